The molecule has 0 bridgehead atoms. The summed E-state index contributed by atoms with van der Waals surface area (Å²) in [7, 11) is 1.39. The third-order valence-electron chi connectivity index (χ3n) is 7.43. The van der Waals surface area contributed by atoms with Crippen molar-refractivity contribution in [3.63, 3.8) is 0 Å². The van der Waals surface area contributed by atoms with E-state index in [0.29, 0.717) is 25.2 Å². The molecule has 1 atom stereocenters. The minimum absolute atomic E-state index is 0.250. The van der Waals surface area contributed by atoms with Crippen molar-refractivity contribution in [2.24, 2.45) is 5.92 Å². The molecule has 0 aromatic heterocycles. The second-order valence-corrected chi connectivity index (χ2v) is 12.9. The number of carboxylic acids is 3. The van der Waals surface area contributed by atoms with Gasteiger partial charge in [0, 0.05) is 25.3 Å². The van der Waals surface area contributed by atoms with Crippen molar-refractivity contribution in [3.05, 3.63) is 36.0 Å². The van der Waals surface area contributed by atoms with Gasteiger partial charge in [-0.05, 0) is 69.8 Å². The van der Waals surface area contributed by atoms with Crippen LogP contribution in [0.2, 0.25) is 0 Å². The molecule has 0 aromatic rings. The number of carbonyl (C=O) groups excluding carboxylic acids is 2. The fraction of sp³-hybridized carbons (Fsp3) is 0.744. The van der Waals surface area contributed by atoms with E-state index in [1.54, 1.807) is 0 Å². The van der Waals surface area contributed by atoms with Gasteiger partial charge in [-0.1, -0.05) is 143 Å². The van der Waals surface area contributed by atoms with Crippen LogP contribution in [0.15, 0.2) is 36.0 Å². The molecule has 0 rings (SSSR count). The number of methoxy groups -OCH3 is 1. The molecule has 0 saturated carbocycles. The zero-order valence-electron chi connectivity index (χ0n) is 34.6. The van der Waals surface area contributed by atoms with Crippen molar-refractivity contribution in [1.29, 1.82) is 0 Å². The maximum Gasteiger partial charge on any atom is 0.330 e. The van der Waals surface area contributed by atoms with Gasteiger partial charge in [0.25, 0.3) is 0 Å². The number of allylic oxidation sites excluding steroid dienone is 5. The third kappa shape index (κ3) is 72.5. The lowest BCUT2D eigenvalue weighted by Crippen LogP contribution is -2.00. The Labute approximate surface area is 318 Å². The Morgan fingerprint density at radius 2 is 1.06 bits per heavy atom. The normalized spacial score (nSPS) is 11.0. The number of aliphatic carboxylic acids is 3. The first-order valence-corrected chi connectivity index (χ1v) is 20.0. The number of rotatable bonds is 27. The minimum Gasteiger partial charge on any atom is -0.481 e. The van der Waals surface area contributed by atoms with E-state index in [1.165, 1.54) is 83.8 Å². The number of aldehydes is 1. The van der Waals surface area contributed by atoms with Gasteiger partial charge in [-0.15, -0.1) is 0 Å². The van der Waals surface area contributed by atoms with E-state index in [9.17, 15) is 24.0 Å². The van der Waals surface area contributed by atoms with Crippen molar-refractivity contribution < 1.29 is 44.0 Å². The molecule has 0 aliphatic rings. The number of ether oxygens (including phenoxy) is 1. The highest BCUT2D eigenvalue weighted by Crippen LogP contribution is 2.13. The van der Waals surface area contributed by atoms with Crippen LogP contribution in [-0.2, 0) is 28.7 Å². The first-order valence-electron chi connectivity index (χ1n) is 20.0. The standard InChI is InChI=1S/C9H18O2.C9H16O2.C9H16O.C8H16O2.C8H14O2/c1-3-4-5-8(2)6-7-9(10)11;1-3-4-5-6-7-8-9(10)11-2;1-3-4-5-6-7-9(2)8-10;2*1-2-3-4-5-6-7-8(9)10/h8H,3-7H2,1-2H3,(H,10,11);7-8H,3-6H2,1-2H3;7-8H,3-6H2,1-2H3;2-7H2,1H3,(H,9,10);4-5H,2-3,6-7H2,1H3,(H,9,10)/b;;;;5-4-. The van der Waals surface area contributed by atoms with Crippen LogP contribution in [0.1, 0.15) is 196 Å². The predicted molar refractivity (Wildman–Crippen MR) is 217 cm³/mol. The summed E-state index contributed by atoms with van der Waals surface area (Å²) < 4.78 is 4.43. The van der Waals surface area contributed by atoms with E-state index < -0.39 is 17.9 Å². The molecule has 0 spiro atoms. The second kappa shape index (κ2) is 52.1. The third-order valence-corrected chi connectivity index (χ3v) is 7.43. The largest absolute Gasteiger partial charge is 0.481 e. The molecule has 0 fully saturated rings. The summed E-state index contributed by atoms with van der Waals surface area (Å²) in [6.07, 6.45) is 33.3. The number of esters is 1. The summed E-state index contributed by atoms with van der Waals surface area (Å²) in [5.41, 5.74) is 0.858. The van der Waals surface area contributed by atoms with Gasteiger partial charge in [0.05, 0.1) is 7.11 Å². The van der Waals surface area contributed by atoms with Gasteiger partial charge in [0.15, 0.2) is 0 Å². The Morgan fingerprint density at radius 3 is 1.54 bits per heavy atom. The van der Waals surface area contributed by atoms with Gasteiger partial charge in [-0.2, -0.15) is 0 Å². The molecule has 0 aliphatic heterocycles. The van der Waals surface area contributed by atoms with Crippen LogP contribution < -0.4 is 0 Å². The molecule has 0 saturated heterocycles. The Kier molecular flexibility index (Phi) is 58.2. The van der Waals surface area contributed by atoms with Crippen LogP contribution in [0.5, 0.6) is 0 Å². The van der Waals surface area contributed by atoms with Gasteiger partial charge in [0.1, 0.15) is 6.29 Å². The summed E-state index contributed by atoms with van der Waals surface area (Å²) in [6.45, 7) is 14.7. The van der Waals surface area contributed by atoms with Crippen LogP contribution in [0.4, 0.5) is 0 Å². The van der Waals surface area contributed by atoms with Gasteiger partial charge >= 0.3 is 23.9 Å². The highest BCUT2D eigenvalue weighted by Gasteiger charge is 2.04. The van der Waals surface area contributed by atoms with E-state index in [2.05, 4.69) is 46.3 Å². The van der Waals surface area contributed by atoms with E-state index >= 15 is 0 Å². The van der Waals surface area contributed by atoms with Gasteiger partial charge in [0.2, 0.25) is 0 Å². The van der Waals surface area contributed by atoms with Crippen molar-refractivity contribution in [3.8, 4) is 0 Å². The maximum atomic E-state index is 10.5. The van der Waals surface area contributed by atoms with Crippen molar-refractivity contribution in [2.75, 3.05) is 7.11 Å². The molecule has 52 heavy (non-hydrogen) atoms. The lowest BCUT2D eigenvalue weighted by atomic mass is 9.99. The highest BCUT2D eigenvalue weighted by molar-refractivity contribution is 5.81. The number of hydrogen-bond donors (Lipinski definition) is 3. The molecule has 0 aromatic carbocycles. The molecule has 1 unspecified atom stereocenters. The van der Waals surface area contributed by atoms with Gasteiger partial charge < -0.3 is 20.1 Å². The Morgan fingerprint density at radius 1 is 0.558 bits per heavy atom. The molecule has 0 radical (unpaired) electrons. The van der Waals surface area contributed by atoms with Crippen LogP contribution >= 0.6 is 0 Å². The molecule has 0 heterocycles. The van der Waals surface area contributed by atoms with E-state index in [0.717, 1.165) is 63.2 Å². The van der Waals surface area contributed by atoms with E-state index in [1.807, 2.05) is 31.2 Å². The topological polar surface area (TPSA) is 155 Å². The molecule has 306 valence electrons. The number of hydrogen-bond acceptors (Lipinski definition) is 6. The number of carbonyl (C=O) groups is 5. The van der Waals surface area contributed by atoms with E-state index in [4.69, 9.17) is 15.3 Å². The molecular formula is C43H80O9. The average molecular weight is 741 g/mol. The Hall–Kier alpha value is -3.23. The monoisotopic (exact) mass is 741 g/mol. The van der Waals surface area contributed by atoms with E-state index in [-0.39, 0.29) is 12.4 Å². The molecule has 9 nitrogen and oxygen atoms in total. The smallest absolute Gasteiger partial charge is 0.330 e. The summed E-state index contributed by atoms with van der Waals surface area (Å²) in [5.74, 6) is -1.75. The van der Waals surface area contributed by atoms with Crippen LogP contribution in [0.3, 0.4) is 0 Å². The van der Waals surface area contributed by atoms with Crippen LogP contribution in [0.25, 0.3) is 0 Å². The summed E-state index contributed by atoms with van der Waals surface area (Å²) in [6, 6.07) is 0. The average Bonchev–Trinajstić information content (AvgIpc) is 3.12. The SMILES string of the molecule is CCC/C=C\CCC(=O)O.CCCCC(C)CCC(=O)O.CCCCCC=C(C)C=O.CCCCCC=CC(=O)OC.CCCCCCCC(=O)O. The Balaban J connectivity index is -0.000000177. The van der Waals surface area contributed by atoms with Gasteiger partial charge in [-0.3, -0.25) is 19.2 Å². The second-order valence-electron chi connectivity index (χ2n) is 12.9. The lowest BCUT2D eigenvalue weighted by Gasteiger charge is -2.07. The fourth-order valence-corrected chi connectivity index (χ4v) is 4.09. The first-order chi connectivity index (χ1) is 24.8. The highest BCUT2D eigenvalue weighted by atomic mass is 16.5. The number of carboxylic acid groups (broad SMARTS) is 3. The maximum absolute atomic E-state index is 10.5. The summed E-state index contributed by atoms with van der Waals surface area (Å²) >= 11 is 0. The predicted octanol–water partition coefficient (Wildman–Crippen LogP) is 12.3. The molecule has 0 amide bonds. The van der Waals surface area contributed by atoms with Crippen molar-refractivity contribution in [2.45, 2.75) is 196 Å². The summed E-state index contributed by atoms with van der Waals surface area (Å²) in [5, 5.41) is 24.9. The minimum atomic E-state index is -0.721. The van der Waals surface area contributed by atoms with Gasteiger partial charge in [-0.25, -0.2) is 4.79 Å². The Bertz CT molecular complexity index is 891. The van der Waals surface area contributed by atoms with Crippen molar-refractivity contribution >= 4 is 30.2 Å². The molecule has 3 N–H and O–H groups in total. The quantitative estimate of drug-likeness (QED) is 0.0245. The van der Waals surface area contributed by atoms with Crippen LogP contribution in [0, 0.1) is 5.92 Å². The molecular weight excluding hydrogens is 660 g/mol. The van der Waals surface area contributed by atoms with Crippen LogP contribution in [-0.4, -0.2) is 52.6 Å². The zero-order chi connectivity index (χ0) is 40.7. The molecule has 9 heteroatoms. The molecule has 0 aliphatic carbocycles. The fourth-order valence-electron chi connectivity index (χ4n) is 4.09. The van der Waals surface area contributed by atoms with Crippen molar-refractivity contribution in [1.82, 2.24) is 0 Å². The lowest BCUT2D eigenvalue weighted by molar-refractivity contribution is -0.138. The first kappa shape index (κ1) is 58.1. The zero-order valence-corrected chi connectivity index (χ0v) is 34.6. The summed E-state index contributed by atoms with van der Waals surface area (Å²) in [4.78, 5) is 50.8. The number of unbranched alkanes of at least 4 members (excludes halogenated alkanes) is 12.